The van der Waals surface area contributed by atoms with Crippen LogP contribution >= 0.6 is 22.9 Å². The van der Waals surface area contributed by atoms with Crippen molar-refractivity contribution in [3.63, 3.8) is 0 Å². The lowest BCUT2D eigenvalue weighted by Gasteiger charge is -2.16. The molecule has 0 aliphatic carbocycles. The third kappa shape index (κ3) is 2.81. The second kappa shape index (κ2) is 5.66. The lowest BCUT2D eigenvalue weighted by atomic mass is 10.1. The number of benzene rings is 1. The van der Waals surface area contributed by atoms with Gasteiger partial charge in [0.15, 0.2) is 0 Å². The Morgan fingerprint density at radius 1 is 1.48 bits per heavy atom. The number of hydrogen-bond acceptors (Lipinski definition) is 5. The van der Waals surface area contributed by atoms with E-state index >= 15 is 0 Å². The molecule has 2 N–H and O–H groups in total. The smallest absolute Gasteiger partial charge is 0.322 e. The first kappa shape index (κ1) is 13.8. The van der Waals surface area contributed by atoms with Gasteiger partial charge >= 0.3 is 6.03 Å². The zero-order valence-corrected chi connectivity index (χ0v) is 12.2. The van der Waals surface area contributed by atoms with Crippen LogP contribution in [0.1, 0.15) is 10.4 Å². The summed E-state index contributed by atoms with van der Waals surface area (Å²) in [6.45, 7) is 1.07. The average molecular weight is 324 g/mol. The summed E-state index contributed by atoms with van der Waals surface area (Å²) in [6.07, 6.45) is 0. The molecule has 0 unspecified atom stereocenters. The monoisotopic (exact) mass is 323 g/mol. The van der Waals surface area contributed by atoms with Crippen LogP contribution in [0.15, 0.2) is 23.7 Å². The summed E-state index contributed by atoms with van der Waals surface area (Å²) in [5, 5.41) is 13.5. The van der Waals surface area contributed by atoms with Crippen molar-refractivity contribution in [1.82, 2.24) is 15.5 Å². The van der Waals surface area contributed by atoms with Crippen molar-refractivity contribution in [3.05, 3.63) is 34.3 Å². The number of nitrogens with one attached hydrogen (secondary N) is 2. The van der Waals surface area contributed by atoms with Gasteiger partial charge in [0.25, 0.3) is 5.91 Å². The van der Waals surface area contributed by atoms with Gasteiger partial charge in [0, 0.05) is 18.7 Å². The number of anilines is 2. The molecule has 0 atom stereocenters. The second-order valence-corrected chi connectivity index (χ2v) is 5.49. The molecule has 1 aromatic carbocycles. The van der Waals surface area contributed by atoms with Gasteiger partial charge in [-0.15, -0.1) is 10.2 Å². The third-order valence-corrected chi connectivity index (χ3v) is 3.86. The van der Waals surface area contributed by atoms with E-state index in [0.717, 1.165) is 0 Å². The largest absolute Gasteiger partial charge is 0.336 e. The summed E-state index contributed by atoms with van der Waals surface area (Å²) < 4.78 is 0. The van der Waals surface area contributed by atoms with Gasteiger partial charge in [-0.2, -0.15) is 0 Å². The highest BCUT2D eigenvalue weighted by atomic mass is 35.5. The maximum atomic E-state index is 12.1. The van der Waals surface area contributed by atoms with Crippen LogP contribution in [0.25, 0.3) is 0 Å². The Morgan fingerprint density at radius 2 is 2.33 bits per heavy atom. The van der Waals surface area contributed by atoms with E-state index in [0.29, 0.717) is 34.5 Å². The van der Waals surface area contributed by atoms with Crippen molar-refractivity contribution in [2.45, 2.75) is 0 Å². The van der Waals surface area contributed by atoms with Crippen LogP contribution in [-0.4, -0.2) is 35.2 Å². The molecule has 108 valence electrons. The first-order valence-electron chi connectivity index (χ1n) is 6.07. The molecule has 0 saturated carbocycles. The summed E-state index contributed by atoms with van der Waals surface area (Å²) in [5.41, 5.74) is 2.43. The van der Waals surface area contributed by atoms with Crippen LogP contribution in [0.3, 0.4) is 0 Å². The van der Waals surface area contributed by atoms with E-state index < -0.39 is 0 Å². The first-order chi connectivity index (χ1) is 10.1. The minimum Gasteiger partial charge on any atom is -0.336 e. The molecular formula is C12H10ClN5O2S. The fourth-order valence-corrected chi connectivity index (χ4v) is 2.62. The number of aromatic nitrogens is 2. The van der Waals surface area contributed by atoms with E-state index in [1.54, 1.807) is 18.2 Å². The number of rotatable bonds is 3. The van der Waals surface area contributed by atoms with Crippen LogP contribution < -0.4 is 15.5 Å². The Bertz CT molecular complexity index is 691. The first-order valence-corrected chi connectivity index (χ1v) is 7.33. The number of urea groups is 1. The van der Waals surface area contributed by atoms with Gasteiger partial charge in [0.1, 0.15) is 5.51 Å². The molecule has 21 heavy (non-hydrogen) atoms. The molecule has 0 spiro atoms. The van der Waals surface area contributed by atoms with Crippen molar-refractivity contribution in [3.8, 4) is 0 Å². The van der Waals surface area contributed by atoms with Gasteiger partial charge in [-0.25, -0.2) is 4.79 Å². The van der Waals surface area contributed by atoms with Crippen LogP contribution in [0.5, 0.6) is 0 Å². The molecule has 1 aliphatic heterocycles. The van der Waals surface area contributed by atoms with Gasteiger partial charge in [-0.05, 0) is 18.2 Å². The molecule has 1 aromatic heterocycles. The van der Waals surface area contributed by atoms with E-state index in [1.165, 1.54) is 21.7 Å². The number of nitrogens with zero attached hydrogens (tertiary/aromatic N) is 3. The highest BCUT2D eigenvalue weighted by molar-refractivity contribution is 7.13. The average Bonchev–Trinajstić information content (AvgIpc) is 3.11. The van der Waals surface area contributed by atoms with E-state index in [4.69, 9.17) is 11.6 Å². The van der Waals surface area contributed by atoms with Gasteiger partial charge in [0.2, 0.25) is 5.13 Å². The Labute approximate surface area is 128 Å². The summed E-state index contributed by atoms with van der Waals surface area (Å²) in [4.78, 5) is 25.3. The Balaban J connectivity index is 1.86. The number of halogens is 1. The minimum absolute atomic E-state index is 0.224. The highest BCUT2D eigenvalue weighted by Crippen LogP contribution is 2.28. The summed E-state index contributed by atoms with van der Waals surface area (Å²) >= 11 is 7.34. The molecule has 1 fully saturated rings. The Hall–Kier alpha value is -2.19. The van der Waals surface area contributed by atoms with E-state index in [9.17, 15) is 9.59 Å². The zero-order valence-electron chi connectivity index (χ0n) is 10.7. The van der Waals surface area contributed by atoms with Gasteiger partial charge in [-0.1, -0.05) is 22.9 Å². The summed E-state index contributed by atoms with van der Waals surface area (Å²) in [7, 11) is 0. The number of hydrogen-bond donors (Lipinski definition) is 2. The van der Waals surface area contributed by atoms with Crippen LogP contribution in [0.2, 0.25) is 5.02 Å². The highest BCUT2D eigenvalue weighted by Gasteiger charge is 2.24. The number of amides is 3. The minimum atomic E-state index is -0.329. The maximum Gasteiger partial charge on any atom is 0.322 e. The molecule has 0 radical (unpaired) electrons. The fourth-order valence-electron chi connectivity index (χ4n) is 1.96. The standard InChI is InChI=1S/C12H10ClN5O2S/c13-8-2-1-7(10(19)16-11-17-15-6-21-11)5-9(8)18-4-3-14-12(18)20/h1-2,5-6H,3-4H2,(H,14,20)(H,16,17,19). The molecule has 3 rings (SSSR count). The molecule has 1 aliphatic rings. The van der Waals surface area contributed by atoms with E-state index in [2.05, 4.69) is 20.8 Å². The summed E-state index contributed by atoms with van der Waals surface area (Å²) in [5.74, 6) is -0.329. The van der Waals surface area contributed by atoms with Gasteiger partial charge in [0.05, 0.1) is 10.7 Å². The van der Waals surface area contributed by atoms with E-state index in [1.807, 2.05) is 0 Å². The number of carbonyl (C=O) groups is 2. The normalized spacial score (nSPS) is 14.1. The predicted molar refractivity (Wildman–Crippen MR) is 80.1 cm³/mol. The van der Waals surface area contributed by atoms with Crippen LogP contribution in [-0.2, 0) is 0 Å². The van der Waals surface area contributed by atoms with Crippen molar-refractivity contribution in [2.24, 2.45) is 0 Å². The lowest BCUT2D eigenvalue weighted by Crippen LogP contribution is -2.28. The molecule has 0 bridgehead atoms. The van der Waals surface area contributed by atoms with Crippen LogP contribution in [0.4, 0.5) is 15.6 Å². The SMILES string of the molecule is O=C(Nc1nncs1)c1ccc(Cl)c(N2CCNC2=O)c1. The molecule has 1 saturated heterocycles. The van der Waals surface area contributed by atoms with E-state index in [-0.39, 0.29) is 11.9 Å². The topological polar surface area (TPSA) is 87.2 Å². The van der Waals surface area contributed by atoms with Gasteiger partial charge < -0.3 is 5.32 Å². The predicted octanol–water partition coefficient (Wildman–Crippen LogP) is 1.97. The third-order valence-electron chi connectivity index (χ3n) is 2.94. The maximum absolute atomic E-state index is 12.1. The molecule has 2 aromatic rings. The molecule has 2 heterocycles. The molecular weight excluding hydrogens is 314 g/mol. The van der Waals surface area contributed by atoms with Crippen molar-refractivity contribution in [2.75, 3.05) is 23.3 Å². The fraction of sp³-hybridized carbons (Fsp3) is 0.167. The molecule has 9 heteroatoms. The Kier molecular flexibility index (Phi) is 3.72. The quantitative estimate of drug-likeness (QED) is 0.904. The van der Waals surface area contributed by atoms with Crippen molar-refractivity contribution >= 4 is 45.7 Å². The summed E-state index contributed by atoms with van der Waals surface area (Å²) in [6, 6.07) is 4.55. The van der Waals surface area contributed by atoms with Crippen molar-refractivity contribution < 1.29 is 9.59 Å². The van der Waals surface area contributed by atoms with Gasteiger partial charge in [-0.3, -0.25) is 15.0 Å². The van der Waals surface area contributed by atoms with Crippen molar-refractivity contribution in [1.29, 1.82) is 0 Å². The Morgan fingerprint density at radius 3 is 3.00 bits per heavy atom. The number of carbonyl (C=O) groups excluding carboxylic acids is 2. The van der Waals surface area contributed by atoms with Crippen LogP contribution in [0, 0.1) is 0 Å². The zero-order chi connectivity index (χ0) is 14.8. The molecule has 7 nitrogen and oxygen atoms in total. The lowest BCUT2D eigenvalue weighted by molar-refractivity contribution is 0.102. The second-order valence-electron chi connectivity index (χ2n) is 4.25. The molecule has 3 amide bonds.